The molecule has 0 aliphatic carbocycles. The second-order valence-electron chi connectivity index (χ2n) is 5.32. The van der Waals surface area contributed by atoms with Crippen LogP contribution in [0.5, 0.6) is 0 Å². The predicted octanol–water partition coefficient (Wildman–Crippen LogP) is 4.23. The predicted molar refractivity (Wildman–Crippen MR) is 91.1 cm³/mol. The molecule has 0 amide bonds. The molecule has 2 nitrogen and oxygen atoms in total. The van der Waals surface area contributed by atoms with Gasteiger partial charge in [0.1, 0.15) is 0 Å². The number of benzene rings is 1. The van der Waals surface area contributed by atoms with Crippen molar-refractivity contribution < 1.29 is 0 Å². The van der Waals surface area contributed by atoms with Crippen LogP contribution >= 0.6 is 11.3 Å². The fraction of sp³-hybridized carbons (Fsp3) is 0.278. The van der Waals surface area contributed by atoms with Gasteiger partial charge < -0.3 is 5.32 Å². The Morgan fingerprint density at radius 2 is 2.14 bits per heavy atom. The van der Waals surface area contributed by atoms with E-state index in [0.717, 1.165) is 19.4 Å². The van der Waals surface area contributed by atoms with Crippen molar-refractivity contribution in [2.45, 2.75) is 18.8 Å². The van der Waals surface area contributed by atoms with E-state index >= 15 is 0 Å². The van der Waals surface area contributed by atoms with Crippen molar-refractivity contribution in [2.24, 2.45) is 0 Å². The molecule has 3 rings (SSSR count). The van der Waals surface area contributed by atoms with E-state index in [0.29, 0.717) is 5.92 Å². The summed E-state index contributed by atoms with van der Waals surface area (Å²) in [6.45, 7) is 1.05. The van der Waals surface area contributed by atoms with Crippen molar-refractivity contribution in [1.29, 1.82) is 0 Å². The van der Waals surface area contributed by atoms with Gasteiger partial charge in [-0.15, -0.1) is 11.3 Å². The van der Waals surface area contributed by atoms with Gasteiger partial charge in [-0.05, 0) is 60.8 Å². The Balaban J connectivity index is 1.90. The summed E-state index contributed by atoms with van der Waals surface area (Å²) in [6.07, 6.45) is 6.09. The van der Waals surface area contributed by atoms with Crippen LogP contribution in [0.1, 0.15) is 22.8 Å². The molecule has 0 saturated carbocycles. The Kier molecular flexibility index (Phi) is 4.63. The lowest BCUT2D eigenvalue weighted by Gasteiger charge is -2.16. The van der Waals surface area contributed by atoms with Crippen molar-refractivity contribution in [3.8, 4) is 0 Å². The topological polar surface area (TPSA) is 24.9 Å². The second kappa shape index (κ2) is 6.83. The van der Waals surface area contributed by atoms with Crippen LogP contribution in [0.4, 0.5) is 0 Å². The number of nitrogens with one attached hydrogen (secondary N) is 1. The first-order chi connectivity index (χ1) is 10.4. The lowest BCUT2D eigenvalue weighted by molar-refractivity contribution is 0.602. The number of hydrogen-bond acceptors (Lipinski definition) is 3. The van der Waals surface area contributed by atoms with Crippen LogP contribution in [-0.2, 0) is 6.42 Å². The quantitative estimate of drug-likeness (QED) is 0.736. The molecule has 3 heteroatoms. The van der Waals surface area contributed by atoms with Gasteiger partial charge >= 0.3 is 0 Å². The third-order valence-electron chi connectivity index (χ3n) is 3.93. The number of fused-ring (bicyclic) bond motifs is 1. The number of pyridine rings is 1. The molecule has 108 valence electrons. The maximum absolute atomic E-state index is 4.30. The molecule has 3 aromatic rings. The number of aromatic nitrogens is 1. The van der Waals surface area contributed by atoms with Crippen molar-refractivity contribution in [3.05, 3.63) is 64.6 Å². The summed E-state index contributed by atoms with van der Waals surface area (Å²) < 4.78 is 0. The monoisotopic (exact) mass is 296 g/mol. The van der Waals surface area contributed by atoms with Gasteiger partial charge in [-0.3, -0.25) is 4.98 Å². The molecule has 0 fully saturated rings. The molecule has 21 heavy (non-hydrogen) atoms. The third-order valence-corrected chi connectivity index (χ3v) is 4.96. The maximum atomic E-state index is 4.30. The highest BCUT2D eigenvalue weighted by atomic mass is 32.1. The molecule has 2 heterocycles. The zero-order valence-corrected chi connectivity index (χ0v) is 13.1. The molecule has 1 atom stereocenters. The van der Waals surface area contributed by atoms with E-state index in [1.54, 1.807) is 0 Å². The van der Waals surface area contributed by atoms with Gasteiger partial charge in [-0.25, -0.2) is 0 Å². The molecular weight excluding hydrogens is 276 g/mol. The van der Waals surface area contributed by atoms with E-state index in [1.165, 1.54) is 21.2 Å². The van der Waals surface area contributed by atoms with Gasteiger partial charge in [-0.1, -0.05) is 24.3 Å². The molecule has 1 aromatic carbocycles. The summed E-state index contributed by atoms with van der Waals surface area (Å²) in [7, 11) is 2.02. The smallest absolute Gasteiger partial charge is 0.0349 e. The Morgan fingerprint density at radius 3 is 2.95 bits per heavy atom. The van der Waals surface area contributed by atoms with Gasteiger partial charge in [0.2, 0.25) is 0 Å². The molecule has 0 radical (unpaired) electrons. The molecule has 1 N–H and O–H groups in total. The summed E-state index contributed by atoms with van der Waals surface area (Å²) in [4.78, 5) is 5.77. The maximum Gasteiger partial charge on any atom is 0.0349 e. The molecule has 0 saturated heterocycles. The van der Waals surface area contributed by atoms with Gasteiger partial charge in [-0.2, -0.15) is 0 Å². The lowest BCUT2D eigenvalue weighted by Crippen LogP contribution is -2.13. The summed E-state index contributed by atoms with van der Waals surface area (Å²) in [5.74, 6) is 0.572. The highest BCUT2D eigenvalue weighted by Gasteiger charge is 2.14. The van der Waals surface area contributed by atoms with Gasteiger partial charge in [0.05, 0.1) is 0 Å². The normalized spacial score (nSPS) is 12.6. The molecule has 0 aliphatic heterocycles. The summed E-state index contributed by atoms with van der Waals surface area (Å²) in [5, 5.41) is 8.01. The summed E-state index contributed by atoms with van der Waals surface area (Å²) in [6, 6.07) is 13.1. The fourth-order valence-electron chi connectivity index (χ4n) is 2.81. The lowest BCUT2D eigenvalue weighted by atomic mass is 9.92. The number of rotatable bonds is 6. The van der Waals surface area contributed by atoms with Crippen LogP contribution in [0.25, 0.3) is 10.8 Å². The van der Waals surface area contributed by atoms with E-state index in [1.807, 2.05) is 30.8 Å². The van der Waals surface area contributed by atoms with E-state index in [4.69, 9.17) is 0 Å². The Morgan fingerprint density at radius 1 is 1.19 bits per heavy atom. The van der Waals surface area contributed by atoms with Crippen LogP contribution in [0.3, 0.4) is 0 Å². The second-order valence-corrected chi connectivity index (χ2v) is 6.30. The Bertz CT molecular complexity index is 686. The van der Waals surface area contributed by atoms with Crippen molar-refractivity contribution in [3.63, 3.8) is 0 Å². The minimum absolute atomic E-state index is 0.572. The van der Waals surface area contributed by atoms with E-state index in [-0.39, 0.29) is 0 Å². The number of nitrogens with zero attached hydrogens (tertiary/aromatic N) is 1. The minimum atomic E-state index is 0.572. The van der Waals surface area contributed by atoms with Gasteiger partial charge in [0, 0.05) is 22.7 Å². The summed E-state index contributed by atoms with van der Waals surface area (Å²) in [5.41, 5.74) is 1.40. The SMILES string of the molecule is CNCC[C@H](Cc1cccc2ccncc12)c1cccs1. The molecule has 0 spiro atoms. The zero-order chi connectivity index (χ0) is 14.5. The van der Waals surface area contributed by atoms with Gasteiger partial charge in [0.25, 0.3) is 0 Å². The van der Waals surface area contributed by atoms with E-state index < -0.39 is 0 Å². The largest absolute Gasteiger partial charge is 0.320 e. The first kappa shape index (κ1) is 14.2. The average molecular weight is 296 g/mol. The molecular formula is C18H20N2S. The zero-order valence-electron chi connectivity index (χ0n) is 12.3. The van der Waals surface area contributed by atoms with E-state index in [2.05, 4.69) is 52.1 Å². The summed E-state index contributed by atoms with van der Waals surface area (Å²) >= 11 is 1.86. The first-order valence-corrected chi connectivity index (χ1v) is 8.26. The van der Waals surface area contributed by atoms with Crippen molar-refractivity contribution in [1.82, 2.24) is 10.3 Å². The van der Waals surface area contributed by atoms with Crippen molar-refractivity contribution in [2.75, 3.05) is 13.6 Å². The number of hydrogen-bond donors (Lipinski definition) is 1. The Hall–Kier alpha value is -1.71. The third kappa shape index (κ3) is 3.31. The fourth-order valence-corrected chi connectivity index (χ4v) is 3.67. The average Bonchev–Trinajstić information content (AvgIpc) is 3.06. The van der Waals surface area contributed by atoms with Crippen LogP contribution in [0.2, 0.25) is 0 Å². The van der Waals surface area contributed by atoms with Crippen LogP contribution in [0, 0.1) is 0 Å². The molecule has 0 bridgehead atoms. The van der Waals surface area contributed by atoms with Crippen molar-refractivity contribution >= 4 is 22.1 Å². The van der Waals surface area contributed by atoms with Crippen LogP contribution < -0.4 is 5.32 Å². The van der Waals surface area contributed by atoms with Gasteiger partial charge in [0.15, 0.2) is 0 Å². The minimum Gasteiger partial charge on any atom is -0.320 e. The van der Waals surface area contributed by atoms with Crippen LogP contribution in [0.15, 0.2) is 54.2 Å². The standard InChI is InChI=1S/C18H20N2S/c1-19-9-7-16(18-6-3-11-21-18)12-15-5-2-4-14-8-10-20-13-17(14)15/h2-6,8,10-11,13,16,19H,7,9,12H2,1H3/t16-/m1/s1. The molecule has 0 unspecified atom stereocenters. The highest BCUT2D eigenvalue weighted by Crippen LogP contribution is 2.30. The highest BCUT2D eigenvalue weighted by molar-refractivity contribution is 7.10. The van der Waals surface area contributed by atoms with Crippen LogP contribution in [-0.4, -0.2) is 18.6 Å². The van der Waals surface area contributed by atoms with E-state index in [9.17, 15) is 0 Å². The Labute approximate surface area is 129 Å². The first-order valence-electron chi connectivity index (χ1n) is 7.38. The molecule has 0 aliphatic rings. The molecule has 2 aromatic heterocycles. The number of thiophene rings is 1.